The van der Waals surface area contributed by atoms with Gasteiger partial charge in [0.1, 0.15) is 12.4 Å². The maximum absolute atomic E-state index is 12.1. The first-order chi connectivity index (χ1) is 10.2. The van der Waals surface area contributed by atoms with Crippen molar-refractivity contribution < 1.29 is 9.53 Å². The molecule has 0 aliphatic carbocycles. The lowest BCUT2D eigenvalue weighted by atomic mass is 10.1. The van der Waals surface area contributed by atoms with Crippen molar-refractivity contribution in [3.05, 3.63) is 66.5 Å². The van der Waals surface area contributed by atoms with E-state index in [1.165, 1.54) is 0 Å². The Morgan fingerprint density at radius 2 is 2.29 bits per heavy atom. The van der Waals surface area contributed by atoms with Crippen molar-refractivity contribution in [2.75, 3.05) is 12.3 Å². The number of ether oxygens (including phenoxy) is 1. The molecule has 0 bridgehead atoms. The molecule has 0 saturated carbocycles. The van der Waals surface area contributed by atoms with Gasteiger partial charge in [0.05, 0.1) is 5.69 Å². The summed E-state index contributed by atoms with van der Waals surface area (Å²) in [6, 6.07) is 8.67. The van der Waals surface area contributed by atoms with E-state index in [1.54, 1.807) is 36.7 Å². The number of nitrogen functional groups attached to an aromatic ring is 1. The average Bonchev–Trinajstić information content (AvgIpc) is 2.52. The molecule has 0 unspecified atom stereocenters. The third-order valence-corrected chi connectivity index (χ3v) is 2.80. The van der Waals surface area contributed by atoms with E-state index in [0.29, 0.717) is 30.2 Å². The van der Waals surface area contributed by atoms with Crippen LogP contribution in [-0.2, 0) is 6.54 Å². The molecule has 0 atom stereocenters. The van der Waals surface area contributed by atoms with Gasteiger partial charge in [0.25, 0.3) is 5.91 Å². The van der Waals surface area contributed by atoms with Crippen LogP contribution in [0.3, 0.4) is 0 Å². The van der Waals surface area contributed by atoms with Crippen LogP contribution in [0.25, 0.3) is 0 Å². The van der Waals surface area contributed by atoms with Crippen molar-refractivity contribution in [3.8, 4) is 5.75 Å². The number of hydrogen-bond acceptors (Lipinski definition) is 4. The van der Waals surface area contributed by atoms with Crippen molar-refractivity contribution in [1.29, 1.82) is 0 Å². The molecule has 0 aliphatic heterocycles. The maximum Gasteiger partial charge on any atom is 0.251 e. The predicted molar refractivity (Wildman–Crippen MR) is 82.0 cm³/mol. The molecule has 1 aromatic carbocycles. The summed E-state index contributed by atoms with van der Waals surface area (Å²) >= 11 is 0. The monoisotopic (exact) mass is 283 g/mol. The summed E-state index contributed by atoms with van der Waals surface area (Å²) in [5, 5.41) is 2.81. The average molecular weight is 283 g/mol. The van der Waals surface area contributed by atoms with Gasteiger partial charge < -0.3 is 15.8 Å². The molecule has 5 nitrogen and oxygen atoms in total. The van der Waals surface area contributed by atoms with Gasteiger partial charge in [-0.15, -0.1) is 0 Å². The molecule has 3 N–H and O–H groups in total. The minimum absolute atomic E-state index is 0.194. The molecule has 5 heteroatoms. The standard InChI is InChI=1S/C16H17N3O2/c1-2-8-21-15-6-5-13(9-14(15)17)16(20)19-11-12-4-3-7-18-10-12/h2-7,9-10H,1,8,11,17H2,(H,19,20). The normalized spacial score (nSPS) is 9.90. The van der Waals surface area contributed by atoms with Crippen LogP contribution in [0.4, 0.5) is 5.69 Å². The Bertz CT molecular complexity index is 627. The number of carbonyl (C=O) groups is 1. The zero-order valence-corrected chi connectivity index (χ0v) is 11.6. The molecule has 1 heterocycles. The smallest absolute Gasteiger partial charge is 0.251 e. The number of rotatable bonds is 6. The van der Waals surface area contributed by atoms with Gasteiger partial charge in [-0.05, 0) is 29.8 Å². The second-order valence-electron chi connectivity index (χ2n) is 4.40. The number of carbonyl (C=O) groups excluding carboxylic acids is 1. The highest BCUT2D eigenvalue weighted by atomic mass is 16.5. The molecular weight excluding hydrogens is 266 g/mol. The summed E-state index contributed by atoms with van der Waals surface area (Å²) in [5.74, 6) is 0.347. The number of pyridine rings is 1. The molecule has 0 fully saturated rings. The van der Waals surface area contributed by atoms with Crippen LogP contribution < -0.4 is 15.8 Å². The first-order valence-corrected chi connectivity index (χ1v) is 6.51. The number of amides is 1. The van der Waals surface area contributed by atoms with Crippen LogP contribution in [0.5, 0.6) is 5.75 Å². The summed E-state index contributed by atoms with van der Waals surface area (Å²) in [7, 11) is 0. The van der Waals surface area contributed by atoms with Crippen LogP contribution in [0.1, 0.15) is 15.9 Å². The zero-order valence-electron chi connectivity index (χ0n) is 11.6. The third kappa shape index (κ3) is 4.07. The van der Waals surface area contributed by atoms with Crippen molar-refractivity contribution >= 4 is 11.6 Å². The van der Waals surface area contributed by atoms with Gasteiger partial charge in [0, 0.05) is 24.5 Å². The van der Waals surface area contributed by atoms with Crippen molar-refractivity contribution in [2.24, 2.45) is 0 Å². The lowest BCUT2D eigenvalue weighted by molar-refractivity contribution is 0.0951. The largest absolute Gasteiger partial charge is 0.487 e. The second-order valence-corrected chi connectivity index (χ2v) is 4.40. The highest BCUT2D eigenvalue weighted by Gasteiger charge is 2.08. The van der Waals surface area contributed by atoms with Gasteiger partial charge in [0.2, 0.25) is 0 Å². The number of hydrogen-bond donors (Lipinski definition) is 2. The Balaban J connectivity index is 1.99. The third-order valence-electron chi connectivity index (χ3n) is 2.80. The Kier molecular flexibility index (Phi) is 4.93. The van der Waals surface area contributed by atoms with Gasteiger partial charge in [-0.25, -0.2) is 0 Å². The van der Waals surface area contributed by atoms with Crippen LogP contribution in [0, 0.1) is 0 Å². The SMILES string of the molecule is C=CCOc1ccc(C(=O)NCc2cccnc2)cc1N. The molecule has 2 aromatic rings. The Morgan fingerprint density at radius 1 is 1.43 bits per heavy atom. The molecule has 0 saturated heterocycles. The lowest BCUT2D eigenvalue weighted by Crippen LogP contribution is -2.23. The number of nitrogens with one attached hydrogen (secondary N) is 1. The molecule has 0 spiro atoms. The zero-order chi connectivity index (χ0) is 15.1. The van der Waals surface area contributed by atoms with Crippen LogP contribution in [-0.4, -0.2) is 17.5 Å². The molecule has 108 valence electrons. The van der Waals surface area contributed by atoms with E-state index in [2.05, 4.69) is 16.9 Å². The van der Waals surface area contributed by atoms with E-state index in [1.807, 2.05) is 12.1 Å². The quantitative estimate of drug-likeness (QED) is 0.629. The fraction of sp³-hybridized carbons (Fsp3) is 0.125. The Labute approximate surface area is 123 Å². The summed E-state index contributed by atoms with van der Waals surface area (Å²) in [4.78, 5) is 16.0. The number of benzene rings is 1. The van der Waals surface area contributed by atoms with E-state index >= 15 is 0 Å². The second kappa shape index (κ2) is 7.09. The molecule has 0 aliphatic rings. The van der Waals surface area contributed by atoms with Crippen LogP contribution in [0.2, 0.25) is 0 Å². The van der Waals surface area contributed by atoms with Gasteiger partial charge in [-0.3, -0.25) is 9.78 Å². The van der Waals surface area contributed by atoms with Crippen LogP contribution >= 0.6 is 0 Å². The van der Waals surface area contributed by atoms with Crippen molar-refractivity contribution in [3.63, 3.8) is 0 Å². The summed E-state index contributed by atoms with van der Waals surface area (Å²) in [6.07, 6.45) is 5.03. The fourth-order valence-electron chi connectivity index (χ4n) is 1.76. The Hall–Kier alpha value is -2.82. The fourth-order valence-corrected chi connectivity index (χ4v) is 1.76. The summed E-state index contributed by atoms with van der Waals surface area (Å²) in [6.45, 7) is 4.36. The van der Waals surface area contributed by atoms with E-state index in [-0.39, 0.29) is 5.91 Å². The minimum atomic E-state index is -0.194. The highest BCUT2D eigenvalue weighted by molar-refractivity contribution is 5.95. The molecule has 21 heavy (non-hydrogen) atoms. The summed E-state index contributed by atoms with van der Waals surface area (Å²) in [5.41, 5.74) is 7.70. The summed E-state index contributed by atoms with van der Waals surface area (Å²) < 4.78 is 5.37. The molecule has 0 radical (unpaired) electrons. The van der Waals surface area contributed by atoms with Gasteiger partial charge in [-0.1, -0.05) is 18.7 Å². The van der Waals surface area contributed by atoms with E-state index in [9.17, 15) is 4.79 Å². The number of aromatic nitrogens is 1. The first kappa shape index (κ1) is 14.6. The van der Waals surface area contributed by atoms with Crippen molar-refractivity contribution in [2.45, 2.75) is 6.54 Å². The molecule has 2 rings (SSSR count). The Morgan fingerprint density at radius 3 is 2.95 bits per heavy atom. The van der Waals surface area contributed by atoms with E-state index in [4.69, 9.17) is 10.5 Å². The molecule has 1 amide bonds. The van der Waals surface area contributed by atoms with Gasteiger partial charge in [-0.2, -0.15) is 0 Å². The number of nitrogens with zero attached hydrogens (tertiary/aromatic N) is 1. The molecule has 1 aromatic heterocycles. The van der Waals surface area contributed by atoms with Crippen LogP contribution in [0.15, 0.2) is 55.4 Å². The van der Waals surface area contributed by atoms with E-state index < -0.39 is 0 Å². The van der Waals surface area contributed by atoms with Gasteiger partial charge in [0.15, 0.2) is 0 Å². The highest BCUT2D eigenvalue weighted by Crippen LogP contribution is 2.22. The molecular formula is C16H17N3O2. The van der Waals surface area contributed by atoms with Crippen molar-refractivity contribution in [1.82, 2.24) is 10.3 Å². The minimum Gasteiger partial charge on any atom is -0.487 e. The first-order valence-electron chi connectivity index (χ1n) is 6.51. The topological polar surface area (TPSA) is 77.2 Å². The maximum atomic E-state index is 12.1. The number of nitrogens with two attached hydrogens (primary N) is 1. The van der Waals surface area contributed by atoms with E-state index in [0.717, 1.165) is 5.56 Å². The lowest BCUT2D eigenvalue weighted by Gasteiger charge is -2.09. The van der Waals surface area contributed by atoms with Gasteiger partial charge >= 0.3 is 0 Å². The predicted octanol–water partition coefficient (Wildman–Crippen LogP) is 2.16. The number of anilines is 1.